The SMILES string of the molecule is Cc1ocnc1C(=O)NCc1ccc2c(c1)CNC2. The molecular weight excluding hydrogens is 242 g/mol. The Morgan fingerprint density at radius 3 is 3.05 bits per heavy atom. The van der Waals surface area contributed by atoms with E-state index in [2.05, 4.69) is 27.8 Å². The number of amides is 1. The van der Waals surface area contributed by atoms with Crippen LogP contribution >= 0.6 is 0 Å². The van der Waals surface area contributed by atoms with Gasteiger partial charge in [0.1, 0.15) is 5.76 Å². The van der Waals surface area contributed by atoms with Crippen molar-refractivity contribution in [2.24, 2.45) is 0 Å². The number of oxazole rings is 1. The lowest BCUT2D eigenvalue weighted by molar-refractivity contribution is 0.0945. The summed E-state index contributed by atoms with van der Waals surface area (Å²) in [6.45, 7) is 4.06. The van der Waals surface area contributed by atoms with Crippen molar-refractivity contribution in [3.8, 4) is 0 Å². The van der Waals surface area contributed by atoms with E-state index in [1.807, 2.05) is 6.07 Å². The Labute approximate surface area is 111 Å². The summed E-state index contributed by atoms with van der Waals surface area (Å²) in [5, 5.41) is 6.15. The Morgan fingerprint density at radius 1 is 1.42 bits per heavy atom. The molecule has 0 spiro atoms. The van der Waals surface area contributed by atoms with Crippen LogP contribution in [0.3, 0.4) is 0 Å². The Bertz CT molecular complexity index is 619. The molecule has 5 heteroatoms. The predicted molar refractivity (Wildman–Crippen MR) is 69.4 cm³/mol. The summed E-state index contributed by atoms with van der Waals surface area (Å²) >= 11 is 0. The average Bonchev–Trinajstić information content (AvgIpc) is 3.03. The van der Waals surface area contributed by atoms with Crippen molar-refractivity contribution in [1.82, 2.24) is 15.6 Å². The summed E-state index contributed by atoms with van der Waals surface area (Å²) < 4.78 is 5.02. The molecule has 0 atom stereocenters. The zero-order valence-corrected chi connectivity index (χ0v) is 10.7. The van der Waals surface area contributed by atoms with Gasteiger partial charge in [-0.1, -0.05) is 18.2 Å². The fourth-order valence-corrected chi connectivity index (χ4v) is 2.25. The van der Waals surface area contributed by atoms with Gasteiger partial charge < -0.3 is 15.1 Å². The molecule has 0 saturated heterocycles. The number of hydrogen-bond donors (Lipinski definition) is 2. The largest absolute Gasteiger partial charge is 0.448 e. The zero-order valence-electron chi connectivity index (χ0n) is 10.7. The summed E-state index contributed by atoms with van der Waals surface area (Å²) in [5.74, 6) is 0.334. The number of aromatic nitrogens is 1. The summed E-state index contributed by atoms with van der Waals surface area (Å²) in [6, 6.07) is 6.28. The maximum atomic E-state index is 11.9. The first-order valence-electron chi connectivity index (χ1n) is 6.24. The molecule has 3 rings (SSSR count). The first-order valence-corrected chi connectivity index (χ1v) is 6.24. The summed E-state index contributed by atoms with van der Waals surface area (Å²) in [4.78, 5) is 15.8. The first kappa shape index (κ1) is 11.9. The highest BCUT2D eigenvalue weighted by atomic mass is 16.3. The Hall–Kier alpha value is -2.14. The van der Waals surface area contributed by atoms with E-state index < -0.39 is 0 Å². The van der Waals surface area contributed by atoms with Gasteiger partial charge in [-0.3, -0.25) is 4.79 Å². The quantitative estimate of drug-likeness (QED) is 0.874. The van der Waals surface area contributed by atoms with Crippen molar-refractivity contribution in [2.45, 2.75) is 26.6 Å². The van der Waals surface area contributed by atoms with Gasteiger partial charge in [0.05, 0.1) is 0 Å². The normalized spacial score (nSPS) is 13.3. The molecule has 0 radical (unpaired) electrons. The lowest BCUT2D eigenvalue weighted by atomic mass is 10.1. The number of aryl methyl sites for hydroxylation is 1. The van der Waals surface area contributed by atoms with Gasteiger partial charge in [0.2, 0.25) is 0 Å². The van der Waals surface area contributed by atoms with Gasteiger partial charge in [0, 0.05) is 19.6 Å². The minimum Gasteiger partial charge on any atom is -0.448 e. The number of fused-ring (bicyclic) bond motifs is 1. The molecule has 1 aromatic heterocycles. The van der Waals surface area contributed by atoms with Crippen molar-refractivity contribution in [1.29, 1.82) is 0 Å². The molecule has 0 aliphatic carbocycles. The molecule has 1 aliphatic heterocycles. The van der Waals surface area contributed by atoms with E-state index in [1.165, 1.54) is 17.5 Å². The summed E-state index contributed by atoms with van der Waals surface area (Å²) in [6.07, 6.45) is 1.28. The topological polar surface area (TPSA) is 67.2 Å². The molecule has 2 heterocycles. The van der Waals surface area contributed by atoms with E-state index in [9.17, 15) is 4.79 Å². The van der Waals surface area contributed by atoms with E-state index in [1.54, 1.807) is 6.92 Å². The highest BCUT2D eigenvalue weighted by Gasteiger charge is 2.14. The second-order valence-electron chi connectivity index (χ2n) is 4.65. The molecule has 0 bridgehead atoms. The van der Waals surface area contributed by atoms with E-state index in [0.717, 1.165) is 18.7 Å². The number of rotatable bonds is 3. The highest BCUT2D eigenvalue weighted by Crippen LogP contribution is 2.17. The Balaban J connectivity index is 1.66. The smallest absolute Gasteiger partial charge is 0.273 e. The van der Waals surface area contributed by atoms with Gasteiger partial charge in [-0.25, -0.2) is 4.98 Å². The number of carbonyl (C=O) groups is 1. The molecule has 2 N–H and O–H groups in total. The van der Waals surface area contributed by atoms with Crippen LogP contribution in [0, 0.1) is 6.92 Å². The molecule has 1 aliphatic rings. The third-order valence-corrected chi connectivity index (χ3v) is 3.31. The van der Waals surface area contributed by atoms with Gasteiger partial charge in [0.25, 0.3) is 5.91 Å². The summed E-state index contributed by atoms with van der Waals surface area (Å²) in [7, 11) is 0. The van der Waals surface area contributed by atoms with Crippen LogP contribution in [0.4, 0.5) is 0 Å². The molecule has 0 unspecified atom stereocenters. The van der Waals surface area contributed by atoms with E-state index in [4.69, 9.17) is 4.42 Å². The summed E-state index contributed by atoms with van der Waals surface area (Å²) in [5.41, 5.74) is 4.09. The number of nitrogens with one attached hydrogen (secondary N) is 2. The number of hydrogen-bond acceptors (Lipinski definition) is 4. The van der Waals surface area contributed by atoms with Gasteiger partial charge in [-0.15, -0.1) is 0 Å². The third-order valence-electron chi connectivity index (χ3n) is 3.31. The van der Waals surface area contributed by atoms with E-state index >= 15 is 0 Å². The van der Waals surface area contributed by atoms with Crippen LogP contribution in [-0.2, 0) is 19.6 Å². The molecule has 98 valence electrons. The molecule has 1 amide bonds. The third kappa shape index (κ3) is 2.37. The molecule has 19 heavy (non-hydrogen) atoms. The van der Waals surface area contributed by atoms with E-state index in [0.29, 0.717) is 18.0 Å². The van der Waals surface area contributed by atoms with Crippen LogP contribution < -0.4 is 10.6 Å². The lowest BCUT2D eigenvalue weighted by Gasteiger charge is -2.06. The van der Waals surface area contributed by atoms with Crippen LogP contribution in [-0.4, -0.2) is 10.9 Å². The van der Waals surface area contributed by atoms with Crippen molar-refractivity contribution < 1.29 is 9.21 Å². The minimum absolute atomic E-state index is 0.204. The second kappa shape index (κ2) is 4.85. The van der Waals surface area contributed by atoms with Gasteiger partial charge in [-0.05, 0) is 23.6 Å². The van der Waals surface area contributed by atoms with Crippen molar-refractivity contribution in [2.75, 3.05) is 0 Å². The maximum Gasteiger partial charge on any atom is 0.273 e. The van der Waals surface area contributed by atoms with Crippen LogP contribution in [0.25, 0.3) is 0 Å². The molecular formula is C14H15N3O2. The average molecular weight is 257 g/mol. The molecule has 0 fully saturated rings. The lowest BCUT2D eigenvalue weighted by Crippen LogP contribution is -2.23. The number of benzene rings is 1. The predicted octanol–water partition coefficient (Wildman–Crippen LogP) is 1.52. The second-order valence-corrected chi connectivity index (χ2v) is 4.65. The standard InChI is InChI=1S/C14H15N3O2/c1-9-13(17-8-19-9)14(18)16-5-10-2-3-11-6-15-7-12(11)4-10/h2-4,8,15H,5-7H2,1H3,(H,16,18). The van der Waals surface area contributed by atoms with Crippen molar-refractivity contribution in [3.63, 3.8) is 0 Å². The first-order chi connectivity index (χ1) is 9.24. The van der Waals surface area contributed by atoms with Gasteiger partial charge in [0.15, 0.2) is 12.1 Å². The zero-order chi connectivity index (χ0) is 13.2. The van der Waals surface area contributed by atoms with Crippen LogP contribution in [0.5, 0.6) is 0 Å². The van der Waals surface area contributed by atoms with Gasteiger partial charge in [-0.2, -0.15) is 0 Å². The van der Waals surface area contributed by atoms with Crippen LogP contribution in [0.2, 0.25) is 0 Å². The highest BCUT2D eigenvalue weighted by molar-refractivity contribution is 5.92. The fraction of sp³-hybridized carbons (Fsp3) is 0.286. The number of carbonyl (C=O) groups excluding carboxylic acids is 1. The molecule has 5 nitrogen and oxygen atoms in total. The van der Waals surface area contributed by atoms with Gasteiger partial charge >= 0.3 is 0 Å². The van der Waals surface area contributed by atoms with Crippen molar-refractivity contribution in [3.05, 3.63) is 52.7 Å². The van der Waals surface area contributed by atoms with Crippen molar-refractivity contribution >= 4 is 5.91 Å². The van der Waals surface area contributed by atoms with Crippen LogP contribution in [0.1, 0.15) is 32.9 Å². The maximum absolute atomic E-state index is 11.9. The minimum atomic E-state index is -0.204. The Kier molecular flexibility index (Phi) is 3.05. The molecule has 0 saturated carbocycles. The Morgan fingerprint density at radius 2 is 2.26 bits per heavy atom. The van der Waals surface area contributed by atoms with E-state index in [-0.39, 0.29) is 5.91 Å². The van der Waals surface area contributed by atoms with Crippen LogP contribution in [0.15, 0.2) is 29.0 Å². The molecule has 1 aromatic carbocycles. The number of nitrogens with zero attached hydrogens (tertiary/aromatic N) is 1. The monoisotopic (exact) mass is 257 g/mol. The molecule has 2 aromatic rings. The fourth-order valence-electron chi connectivity index (χ4n) is 2.25.